The summed E-state index contributed by atoms with van der Waals surface area (Å²) in [6.45, 7) is 4.49. The number of carbonyl (C=O) groups excluding carboxylic acids is 1. The van der Waals surface area contributed by atoms with Crippen molar-refractivity contribution in [3.8, 4) is 0 Å². The van der Waals surface area contributed by atoms with Gasteiger partial charge in [-0.25, -0.2) is 0 Å². The summed E-state index contributed by atoms with van der Waals surface area (Å²) in [5.74, 6) is 0.731. The summed E-state index contributed by atoms with van der Waals surface area (Å²) in [6.07, 6.45) is 2.51. The minimum atomic E-state index is 0.0640. The molecule has 0 unspecified atom stereocenters. The first-order chi connectivity index (χ1) is 6.22. The summed E-state index contributed by atoms with van der Waals surface area (Å²) in [6, 6.07) is 1.95. The summed E-state index contributed by atoms with van der Waals surface area (Å²) < 4.78 is 1.95. The third kappa shape index (κ3) is 1.50. The fourth-order valence-corrected chi connectivity index (χ4v) is 1.56. The molecule has 3 nitrogen and oxygen atoms in total. The van der Waals surface area contributed by atoms with Gasteiger partial charge in [0.2, 0.25) is 0 Å². The highest BCUT2D eigenvalue weighted by Crippen LogP contribution is 2.40. The summed E-state index contributed by atoms with van der Waals surface area (Å²) in [5, 5.41) is 4.26. The van der Waals surface area contributed by atoms with Gasteiger partial charge in [-0.2, -0.15) is 5.10 Å². The first kappa shape index (κ1) is 8.48. The average Bonchev–Trinajstić information content (AvgIpc) is 2.84. The van der Waals surface area contributed by atoms with Crippen LogP contribution in [0.3, 0.4) is 0 Å². The van der Waals surface area contributed by atoms with Crippen molar-refractivity contribution in [3.05, 3.63) is 17.5 Å². The third-order valence-electron chi connectivity index (χ3n) is 2.47. The van der Waals surface area contributed by atoms with Crippen LogP contribution in [0.1, 0.15) is 48.8 Å². The van der Waals surface area contributed by atoms with Crippen molar-refractivity contribution in [1.29, 1.82) is 0 Å². The standard InChI is InChI=1S/C10H14N2O/c1-3-12-10(8-4-5-8)6-9(11-12)7(2)13/h6,8H,3-5H2,1-2H3. The van der Waals surface area contributed by atoms with Gasteiger partial charge >= 0.3 is 0 Å². The molecule has 1 aromatic heterocycles. The van der Waals surface area contributed by atoms with Gasteiger partial charge in [0.25, 0.3) is 0 Å². The fraction of sp³-hybridized carbons (Fsp3) is 0.600. The van der Waals surface area contributed by atoms with E-state index in [0.29, 0.717) is 11.6 Å². The SMILES string of the molecule is CCn1nc(C(C)=O)cc1C1CC1. The molecular weight excluding hydrogens is 164 g/mol. The van der Waals surface area contributed by atoms with E-state index in [1.54, 1.807) is 6.92 Å². The molecule has 0 N–H and O–H groups in total. The van der Waals surface area contributed by atoms with Crippen LogP contribution in [0.25, 0.3) is 0 Å². The Morgan fingerprint density at radius 1 is 1.69 bits per heavy atom. The van der Waals surface area contributed by atoms with Gasteiger partial charge in [0.15, 0.2) is 5.78 Å². The van der Waals surface area contributed by atoms with E-state index in [0.717, 1.165) is 6.54 Å². The lowest BCUT2D eigenvalue weighted by molar-refractivity contribution is 0.101. The Morgan fingerprint density at radius 3 is 2.85 bits per heavy atom. The molecule has 1 aliphatic carbocycles. The molecule has 0 radical (unpaired) electrons. The van der Waals surface area contributed by atoms with Gasteiger partial charge in [0.1, 0.15) is 5.69 Å². The molecule has 0 aromatic carbocycles. The smallest absolute Gasteiger partial charge is 0.179 e. The molecule has 13 heavy (non-hydrogen) atoms. The molecule has 0 spiro atoms. The Hall–Kier alpha value is -1.12. The minimum Gasteiger partial charge on any atom is -0.293 e. The molecule has 1 aliphatic rings. The molecule has 0 aliphatic heterocycles. The molecule has 3 heteroatoms. The molecule has 70 valence electrons. The zero-order valence-corrected chi connectivity index (χ0v) is 8.08. The quantitative estimate of drug-likeness (QED) is 0.663. The molecular formula is C10H14N2O. The molecule has 0 saturated heterocycles. The van der Waals surface area contributed by atoms with E-state index < -0.39 is 0 Å². The monoisotopic (exact) mass is 178 g/mol. The van der Waals surface area contributed by atoms with Gasteiger partial charge < -0.3 is 0 Å². The van der Waals surface area contributed by atoms with E-state index in [9.17, 15) is 4.79 Å². The number of carbonyl (C=O) groups is 1. The Labute approximate surface area is 77.7 Å². The highest BCUT2D eigenvalue weighted by molar-refractivity contribution is 5.92. The third-order valence-corrected chi connectivity index (χ3v) is 2.47. The van der Waals surface area contributed by atoms with Crippen molar-refractivity contribution >= 4 is 5.78 Å². The lowest BCUT2D eigenvalue weighted by Crippen LogP contribution is -2.02. The van der Waals surface area contributed by atoms with Gasteiger partial charge in [0, 0.05) is 25.1 Å². The summed E-state index contributed by atoms with van der Waals surface area (Å²) >= 11 is 0. The zero-order valence-electron chi connectivity index (χ0n) is 8.08. The van der Waals surface area contributed by atoms with Crippen LogP contribution in [0.2, 0.25) is 0 Å². The topological polar surface area (TPSA) is 34.9 Å². The van der Waals surface area contributed by atoms with Crippen LogP contribution < -0.4 is 0 Å². The average molecular weight is 178 g/mol. The number of rotatable bonds is 3. The second-order valence-corrected chi connectivity index (χ2v) is 3.60. The van der Waals surface area contributed by atoms with Gasteiger partial charge in [-0.1, -0.05) is 0 Å². The van der Waals surface area contributed by atoms with Gasteiger partial charge in [0.05, 0.1) is 0 Å². The lowest BCUT2D eigenvalue weighted by Gasteiger charge is -2.00. The highest BCUT2D eigenvalue weighted by Gasteiger charge is 2.28. The van der Waals surface area contributed by atoms with Crippen molar-refractivity contribution in [2.45, 2.75) is 39.2 Å². The predicted molar refractivity (Wildman–Crippen MR) is 49.9 cm³/mol. The van der Waals surface area contributed by atoms with Crippen LogP contribution in [-0.4, -0.2) is 15.6 Å². The molecule has 0 atom stereocenters. The molecule has 0 bridgehead atoms. The maximum absolute atomic E-state index is 11.1. The van der Waals surface area contributed by atoms with E-state index in [2.05, 4.69) is 12.0 Å². The summed E-state index contributed by atoms with van der Waals surface area (Å²) in [4.78, 5) is 11.1. The Morgan fingerprint density at radius 2 is 2.38 bits per heavy atom. The molecule has 1 heterocycles. The van der Waals surface area contributed by atoms with E-state index in [1.807, 2.05) is 10.7 Å². The summed E-state index contributed by atoms with van der Waals surface area (Å²) in [5.41, 5.74) is 1.86. The van der Waals surface area contributed by atoms with E-state index in [1.165, 1.54) is 18.5 Å². The van der Waals surface area contributed by atoms with Crippen LogP contribution in [0.5, 0.6) is 0 Å². The number of nitrogens with zero attached hydrogens (tertiary/aromatic N) is 2. The number of ketones is 1. The van der Waals surface area contributed by atoms with Crippen LogP contribution in [0.15, 0.2) is 6.07 Å². The van der Waals surface area contributed by atoms with E-state index in [-0.39, 0.29) is 5.78 Å². The molecule has 1 fully saturated rings. The van der Waals surface area contributed by atoms with Crippen LogP contribution in [0.4, 0.5) is 0 Å². The second-order valence-electron chi connectivity index (χ2n) is 3.60. The Kier molecular flexibility index (Phi) is 1.94. The Bertz CT molecular complexity index is 337. The van der Waals surface area contributed by atoms with Crippen LogP contribution in [0, 0.1) is 0 Å². The number of aromatic nitrogens is 2. The molecule has 1 aromatic rings. The predicted octanol–water partition coefficient (Wildman–Crippen LogP) is 1.98. The molecule has 1 saturated carbocycles. The number of Topliss-reactive ketones (excluding diaryl/α,β-unsaturated/α-hetero) is 1. The van der Waals surface area contributed by atoms with Crippen molar-refractivity contribution < 1.29 is 4.79 Å². The van der Waals surface area contributed by atoms with Crippen LogP contribution in [-0.2, 0) is 6.54 Å². The molecule has 0 amide bonds. The summed E-state index contributed by atoms with van der Waals surface area (Å²) in [7, 11) is 0. The van der Waals surface area contributed by atoms with Crippen molar-refractivity contribution in [3.63, 3.8) is 0 Å². The maximum Gasteiger partial charge on any atom is 0.179 e. The number of aryl methyl sites for hydroxylation is 1. The fourth-order valence-electron chi connectivity index (χ4n) is 1.56. The maximum atomic E-state index is 11.1. The zero-order chi connectivity index (χ0) is 9.42. The van der Waals surface area contributed by atoms with E-state index >= 15 is 0 Å². The van der Waals surface area contributed by atoms with Gasteiger partial charge in [-0.15, -0.1) is 0 Å². The van der Waals surface area contributed by atoms with Crippen molar-refractivity contribution in [2.75, 3.05) is 0 Å². The molecule has 2 rings (SSSR count). The normalized spacial score (nSPS) is 16.2. The lowest BCUT2D eigenvalue weighted by atomic mass is 10.2. The van der Waals surface area contributed by atoms with E-state index in [4.69, 9.17) is 0 Å². The first-order valence-electron chi connectivity index (χ1n) is 4.81. The highest BCUT2D eigenvalue weighted by atomic mass is 16.1. The van der Waals surface area contributed by atoms with Gasteiger partial charge in [-0.05, 0) is 25.8 Å². The number of hydrogen-bond acceptors (Lipinski definition) is 2. The number of hydrogen-bond donors (Lipinski definition) is 0. The minimum absolute atomic E-state index is 0.0640. The van der Waals surface area contributed by atoms with Crippen LogP contribution >= 0.6 is 0 Å². The largest absolute Gasteiger partial charge is 0.293 e. The van der Waals surface area contributed by atoms with Gasteiger partial charge in [-0.3, -0.25) is 9.48 Å². The van der Waals surface area contributed by atoms with Crippen molar-refractivity contribution in [1.82, 2.24) is 9.78 Å². The Balaban J connectivity index is 2.36. The second kappa shape index (κ2) is 2.98. The van der Waals surface area contributed by atoms with Crippen molar-refractivity contribution in [2.24, 2.45) is 0 Å². The first-order valence-corrected chi connectivity index (χ1v) is 4.81.